The molecule has 0 spiro atoms. The van der Waals surface area contributed by atoms with Crippen LogP contribution in [0.5, 0.6) is 0 Å². The maximum absolute atomic E-state index is 5.91. The summed E-state index contributed by atoms with van der Waals surface area (Å²) in [6.07, 6.45) is 1.72. The zero-order chi connectivity index (χ0) is 12.4. The van der Waals surface area contributed by atoms with Crippen LogP contribution < -0.4 is 5.73 Å². The van der Waals surface area contributed by atoms with Crippen LogP contribution in [-0.4, -0.2) is 48.6 Å². The van der Waals surface area contributed by atoms with Crippen molar-refractivity contribution < 1.29 is 4.42 Å². The fourth-order valence-corrected chi connectivity index (χ4v) is 2.63. The van der Waals surface area contributed by atoms with E-state index < -0.39 is 0 Å². The topological polar surface area (TPSA) is 45.6 Å². The van der Waals surface area contributed by atoms with Gasteiger partial charge in [0.05, 0.1) is 12.3 Å². The first-order chi connectivity index (χ1) is 8.13. The molecule has 1 fully saturated rings. The van der Waals surface area contributed by atoms with Crippen molar-refractivity contribution in [2.45, 2.75) is 32.0 Å². The molecule has 0 saturated carbocycles. The summed E-state index contributed by atoms with van der Waals surface area (Å²) in [5.74, 6) is 0.983. The molecule has 1 aromatic rings. The van der Waals surface area contributed by atoms with Crippen molar-refractivity contribution in [2.75, 3.05) is 26.7 Å². The highest BCUT2D eigenvalue weighted by Gasteiger charge is 2.31. The van der Waals surface area contributed by atoms with Crippen molar-refractivity contribution in [3.63, 3.8) is 0 Å². The molecule has 1 saturated heterocycles. The number of nitrogens with zero attached hydrogens (tertiary/aromatic N) is 2. The fourth-order valence-electron chi connectivity index (χ4n) is 2.63. The molecule has 0 radical (unpaired) electrons. The lowest BCUT2D eigenvalue weighted by Crippen LogP contribution is -2.56. The molecule has 2 N–H and O–H groups in total. The second-order valence-electron chi connectivity index (χ2n) is 5.08. The second kappa shape index (κ2) is 5.21. The Kier molecular flexibility index (Phi) is 3.86. The van der Waals surface area contributed by atoms with Gasteiger partial charge in [-0.3, -0.25) is 9.80 Å². The molecule has 2 rings (SSSR count). The van der Waals surface area contributed by atoms with E-state index in [0.29, 0.717) is 18.6 Å². The van der Waals surface area contributed by atoms with Crippen LogP contribution in [0.1, 0.15) is 25.6 Å². The Morgan fingerprint density at radius 1 is 1.41 bits per heavy atom. The summed E-state index contributed by atoms with van der Waals surface area (Å²) in [5, 5.41) is 0. The van der Waals surface area contributed by atoms with Gasteiger partial charge in [-0.2, -0.15) is 0 Å². The highest BCUT2D eigenvalue weighted by molar-refractivity contribution is 5.06. The van der Waals surface area contributed by atoms with E-state index in [4.69, 9.17) is 10.2 Å². The van der Waals surface area contributed by atoms with E-state index in [-0.39, 0.29) is 6.04 Å². The second-order valence-corrected chi connectivity index (χ2v) is 5.08. The van der Waals surface area contributed by atoms with E-state index in [2.05, 4.69) is 30.7 Å². The van der Waals surface area contributed by atoms with Crippen LogP contribution in [0.15, 0.2) is 22.8 Å². The predicted octanol–water partition coefficient (Wildman–Crippen LogP) is 1.30. The summed E-state index contributed by atoms with van der Waals surface area (Å²) in [7, 11) is 2.19. The molecule has 3 atom stereocenters. The van der Waals surface area contributed by atoms with Crippen LogP contribution in [-0.2, 0) is 0 Å². The van der Waals surface area contributed by atoms with Gasteiger partial charge in [0, 0.05) is 31.7 Å². The molecule has 17 heavy (non-hydrogen) atoms. The van der Waals surface area contributed by atoms with Crippen LogP contribution >= 0.6 is 0 Å². The van der Waals surface area contributed by atoms with Gasteiger partial charge in [-0.1, -0.05) is 0 Å². The number of furan rings is 1. The van der Waals surface area contributed by atoms with Gasteiger partial charge in [-0.05, 0) is 33.0 Å². The van der Waals surface area contributed by atoms with Crippen LogP contribution in [0.3, 0.4) is 0 Å². The van der Waals surface area contributed by atoms with Crippen molar-refractivity contribution in [3.8, 4) is 0 Å². The Morgan fingerprint density at radius 2 is 2.06 bits per heavy atom. The van der Waals surface area contributed by atoms with Crippen molar-refractivity contribution in [3.05, 3.63) is 24.2 Å². The number of rotatable bonds is 3. The van der Waals surface area contributed by atoms with Gasteiger partial charge in [-0.25, -0.2) is 0 Å². The first kappa shape index (κ1) is 12.6. The van der Waals surface area contributed by atoms with Gasteiger partial charge < -0.3 is 10.2 Å². The molecule has 2 heterocycles. The lowest BCUT2D eigenvalue weighted by molar-refractivity contribution is 0.0297. The zero-order valence-corrected chi connectivity index (χ0v) is 11.0. The third kappa shape index (κ3) is 2.54. The summed E-state index contributed by atoms with van der Waals surface area (Å²) >= 11 is 0. The highest BCUT2D eigenvalue weighted by atomic mass is 16.3. The maximum Gasteiger partial charge on any atom is 0.122 e. The molecular formula is C13H23N3O. The summed E-state index contributed by atoms with van der Waals surface area (Å²) in [5.41, 5.74) is 5.91. The lowest BCUT2D eigenvalue weighted by atomic mass is 10.1. The SMILES string of the molecule is CC1CN(C(CN)c2ccco2)CC(C)N1C. The van der Waals surface area contributed by atoms with Gasteiger partial charge in [-0.15, -0.1) is 0 Å². The molecule has 96 valence electrons. The molecule has 3 unspecified atom stereocenters. The first-order valence-electron chi connectivity index (χ1n) is 6.33. The Bertz CT molecular complexity index is 326. The fraction of sp³-hybridized carbons (Fsp3) is 0.692. The average molecular weight is 237 g/mol. The van der Waals surface area contributed by atoms with Gasteiger partial charge in [0.2, 0.25) is 0 Å². The minimum absolute atomic E-state index is 0.212. The standard InChI is InChI=1S/C13H23N3O/c1-10-8-16(9-11(2)15(10)3)12(7-14)13-5-4-6-17-13/h4-6,10-12H,7-9,14H2,1-3H3. The monoisotopic (exact) mass is 237 g/mol. The van der Waals surface area contributed by atoms with Gasteiger partial charge >= 0.3 is 0 Å². The molecular weight excluding hydrogens is 214 g/mol. The number of piperazine rings is 1. The van der Waals surface area contributed by atoms with Gasteiger partial charge in [0.25, 0.3) is 0 Å². The van der Waals surface area contributed by atoms with Crippen LogP contribution in [0, 0.1) is 0 Å². The van der Waals surface area contributed by atoms with Gasteiger partial charge in [0.1, 0.15) is 5.76 Å². The Balaban J connectivity index is 2.11. The average Bonchev–Trinajstić information content (AvgIpc) is 2.80. The molecule has 1 aliphatic heterocycles. The summed E-state index contributed by atoms with van der Waals surface area (Å²) in [6.45, 7) is 7.22. The highest BCUT2D eigenvalue weighted by Crippen LogP contribution is 2.25. The predicted molar refractivity (Wildman–Crippen MR) is 68.8 cm³/mol. The molecule has 0 aromatic carbocycles. The van der Waals surface area contributed by atoms with E-state index in [0.717, 1.165) is 18.8 Å². The quantitative estimate of drug-likeness (QED) is 0.861. The third-order valence-electron chi connectivity index (χ3n) is 3.92. The van der Waals surface area contributed by atoms with E-state index in [9.17, 15) is 0 Å². The molecule has 4 nitrogen and oxygen atoms in total. The van der Waals surface area contributed by atoms with Crippen molar-refractivity contribution in [2.24, 2.45) is 5.73 Å². The summed E-state index contributed by atoms with van der Waals surface area (Å²) < 4.78 is 5.50. The van der Waals surface area contributed by atoms with Crippen LogP contribution in [0.2, 0.25) is 0 Å². The Labute approximate surface area is 103 Å². The number of hydrogen-bond acceptors (Lipinski definition) is 4. The van der Waals surface area contributed by atoms with E-state index >= 15 is 0 Å². The number of likely N-dealkylation sites (N-methyl/N-ethyl adjacent to an activating group) is 1. The van der Waals surface area contributed by atoms with Gasteiger partial charge in [0.15, 0.2) is 0 Å². The molecule has 0 bridgehead atoms. The number of nitrogens with two attached hydrogens (primary N) is 1. The van der Waals surface area contributed by atoms with E-state index in [1.165, 1.54) is 0 Å². The molecule has 0 amide bonds. The third-order valence-corrected chi connectivity index (χ3v) is 3.92. The van der Waals surface area contributed by atoms with Crippen LogP contribution in [0.4, 0.5) is 0 Å². The lowest BCUT2D eigenvalue weighted by Gasteiger charge is -2.44. The zero-order valence-electron chi connectivity index (χ0n) is 11.0. The Morgan fingerprint density at radius 3 is 2.53 bits per heavy atom. The smallest absolute Gasteiger partial charge is 0.122 e. The van der Waals surface area contributed by atoms with Crippen LogP contribution in [0.25, 0.3) is 0 Å². The molecule has 1 aromatic heterocycles. The minimum Gasteiger partial charge on any atom is -0.468 e. The van der Waals surface area contributed by atoms with E-state index in [1.807, 2.05) is 12.1 Å². The minimum atomic E-state index is 0.212. The summed E-state index contributed by atoms with van der Waals surface area (Å²) in [4.78, 5) is 4.86. The number of hydrogen-bond donors (Lipinski definition) is 1. The molecule has 0 aliphatic carbocycles. The summed E-state index contributed by atoms with van der Waals surface area (Å²) in [6, 6.07) is 5.28. The van der Waals surface area contributed by atoms with Crippen molar-refractivity contribution in [1.29, 1.82) is 0 Å². The van der Waals surface area contributed by atoms with E-state index in [1.54, 1.807) is 6.26 Å². The van der Waals surface area contributed by atoms with Crippen molar-refractivity contribution >= 4 is 0 Å². The largest absolute Gasteiger partial charge is 0.468 e. The normalized spacial score (nSPS) is 29.4. The maximum atomic E-state index is 5.91. The molecule has 4 heteroatoms. The van der Waals surface area contributed by atoms with Crippen molar-refractivity contribution in [1.82, 2.24) is 9.80 Å². The Hall–Kier alpha value is -0.840. The first-order valence-corrected chi connectivity index (χ1v) is 6.33. The molecule has 1 aliphatic rings.